The summed E-state index contributed by atoms with van der Waals surface area (Å²) in [6.07, 6.45) is 2.87. The summed E-state index contributed by atoms with van der Waals surface area (Å²) >= 11 is 1.92. The van der Waals surface area contributed by atoms with E-state index < -0.39 is 0 Å². The van der Waals surface area contributed by atoms with Gasteiger partial charge >= 0.3 is 0 Å². The SMILES string of the molecule is CC(CC(O)C1S[C@@]12CCCN2)(c1ccccc1)c1ccccc1. The molecule has 2 N–H and O–H groups in total. The lowest BCUT2D eigenvalue weighted by Gasteiger charge is -2.33. The minimum atomic E-state index is -0.300. The van der Waals surface area contributed by atoms with Gasteiger partial charge in [0.25, 0.3) is 0 Å². The van der Waals surface area contributed by atoms with Crippen molar-refractivity contribution in [2.75, 3.05) is 6.54 Å². The fraction of sp³-hybridized carbons (Fsp3) is 0.429. The van der Waals surface area contributed by atoms with Crippen LogP contribution in [-0.4, -0.2) is 27.9 Å². The summed E-state index contributed by atoms with van der Waals surface area (Å²) in [7, 11) is 0. The minimum Gasteiger partial charge on any atom is -0.392 e. The number of aliphatic hydroxyl groups is 1. The van der Waals surface area contributed by atoms with Crippen molar-refractivity contribution in [3.63, 3.8) is 0 Å². The van der Waals surface area contributed by atoms with Crippen molar-refractivity contribution in [2.24, 2.45) is 0 Å². The van der Waals surface area contributed by atoms with Gasteiger partial charge in [-0.25, -0.2) is 0 Å². The van der Waals surface area contributed by atoms with E-state index in [-0.39, 0.29) is 16.4 Å². The van der Waals surface area contributed by atoms with Crippen molar-refractivity contribution in [1.29, 1.82) is 0 Å². The van der Waals surface area contributed by atoms with Gasteiger partial charge in [-0.05, 0) is 36.9 Å². The average molecular weight is 340 g/mol. The van der Waals surface area contributed by atoms with Gasteiger partial charge in [0.05, 0.1) is 16.2 Å². The lowest BCUT2D eigenvalue weighted by molar-refractivity contribution is 0.138. The van der Waals surface area contributed by atoms with E-state index in [1.54, 1.807) is 0 Å². The van der Waals surface area contributed by atoms with Crippen molar-refractivity contribution in [3.05, 3.63) is 71.8 Å². The Morgan fingerprint density at radius 2 is 1.71 bits per heavy atom. The van der Waals surface area contributed by atoms with Gasteiger partial charge < -0.3 is 10.4 Å². The Morgan fingerprint density at radius 1 is 1.12 bits per heavy atom. The number of nitrogens with one attached hydrogen (secondary N) is 1. The van der Waals surface area contributed by atoms with E-state index in [0.29, 0.717) is 5.25 Å². The first-order valence-electron chi connectivity index (χ1n) is 8.86. The Hall–Kier alpha value is -1.29. The molecule has 2 aliphatic rings. The van der Waals surface area contributed by atoms with Crippen molar-refractivity contribution in [2.45, 2.75) is 47.8 Å². The van der Waals surface area contributed by atoms with Crippen LogP contribution in [0.1, 0.15) is 37.3 Å². The predicted octanol–water partition coefficient (Wildman–Crippen LogP) is 3.94. The zero-order valence-corrected chi connectivity index (χ0v) is 14.9. The molecule has 0 aliphatic carbocycles. The molecule has 3 heteroatoms. The van der Waals surface area contributed by atoms with Gasteiger partial charge in [-0.1, -0.05) is 67.6 Å². The largest absolute Gasteiger partial charge is 0.392 e. The molecule has 2 saturated heterocycles. The molecular weight excluding hydrogens is 314 g/mol. The van der Waals surface area contributed by atoms with Gasteiger partial charge in [0.15, 0.2) is 0 Å². The molecule has 0 saturated carbocycles. The fourth-order valence-corrected chi connectivity index (χ4v) is 5.65. The van der Waals surface area contributed by atoms with Crippen LogP contribution in [-0.2, 0) is 5.41 Å². The molecule has 2 unspecified atom stereocenters. The van der Waals surface area contributed by atoms with Crippen LogP contribution < -0.4 is 5.32 Å². The van der Waals surface area contributed by atoms with Crippen LogP contribution >= 0.6 is 11.8 Å². The normalized spacial score (nSPS) is 27.3. The van der Waals surface area contributed by atoms with Crippen LogP contribution in [0.25, 0.3) is 0 Å². The predicted molar refractivity (Wildman–Crippen MR) is 101 cm³/mol. The molecular formula is C21H25NOS. The maximum atomic E-state index is 11.0. The molecule has 2 aromatic rings. The van der Waals surface area contributed by atoms with Gasteiger partial charge in [-0.3, -0.25) is 0 Å². The van der Waals surface area contributed by atoms with Gasteiger partial charge in [-0.2, -0.15) is 0 Å². The number of aliphatic hydroxyl groups excluding tert-OH is 1. The van der Waals surface area contributed by atoms with E-state index in [4.69, 9.17) is 0 Å². The second-order valence-corrected chi connectivity index (χ2v) is 8.77. The van der Waals surface area contributed by atoms with E-state index in [1.165, 1.54) is 24.0 Å². The van der Waals surface area contributed by atoms with Crippen molar-refractivity contribution in [1.82, 2.24) is 5.32 Å². The Labute approximate surface area is 148 Å². The third-order valence-corrected chi connectivity index (χ3v) is 7.42. The number of hydrogen-bond donors (Lipinski definition) is 2. The highest BCUT2D eigenvalue weighted by atomic mass is 32.2. The molecule has 3 atom stereocenters. The first-order valence-corrected chi connectivity index (χ1v) is 9.74. The quantitative estimate of drug-likeness (QED) is 0.809. The third kappa shape index (κ3) is 2.79. The topological polar surface area (TPSA) is 32.3 Å². The van der Waals surface area contributed by atoms with E-state index >= 15 is 0 Å². The molecule has 0 radical (unpaired) electrons. The molecule has 2 heterocycles. The average Bonchev–Trinajstić information content (AvgIpc) is 3.13. The lowest BCUT2D eigenvalue weighted by Crippen LogP contribution is -2.37. The molecule has 24 heavy (non-hydrogen) atoms. The lowest BCUT2D eigenvalue weighted by atomic mass is 9.72. The van der Waals surface area contributed by atoms with Crippen molar-refractivity contribution >= 4 is 11.8 Å². The van der Waals surface area contributed by atoms with Gasteiger partial charge in [0, 0.05) is 5.41 Å². The summed E-state index contributed by atoms with van der Waals surface area (Å²) in [5.41, 5.74) is 2.37. The van der Waals surface area contributed by atoms with Crippen LogP contribution in [0.3, 0.4) is 0 Å². The second kappa shape index (κ2) is 6.21. The first kappa shape index (κ1) is 16.2. The number of thioether (sulfide) groups is 1. The molecule has 4 rings (SSSR count). The van der Waals surface area contributed by atoms with Crippen LogP contribution in [0.15, 0.2) is 60.7 Å². The molecule has 2 nitrogen and oxygen atoms in total. The molecule has 2 aromatic carbocycles. The van der Waals surface area contributed by atoms with E-state index in [1.807, 2.05) is 11.8 Å². The maximum Gasteiger partial charge on any atom is 0.0796 e. The molecule has 1 spiro atoms. The number of benzene rings is 2. The summed E-state index contributed by atoms with van der Waals surface area (Å²) < 4.78 is 0. The number of rotatable bonds is 5. The summed E-state index contributed by atoms with van der Waals surface area (Å²) in [6.45, 7) is 3.35. The van der Waals surface area contributed by atoms with Crippen LogP contribution in [0.4, 0.5) is 0 Å². The molecule has 126 valence electrons. The highest BCUT2D eigenvalue weighted by Crippen LogP contribution is 2.59. The zero-order valence-electron chi connectivity index (χ0n) is 14.1. The monoisotopic (exact) mass is 339 g/mol. The first-order chi connectivity index (χ1) is 11.6. The van der Waals surface area contributed by atoms with Crippen LogP contribution in [0.5, 0.6) is 0 Å². The molecule has 2 aliphatic heterocycles. The highest BCUT2D eigenvalue weighted by molar-refractivity contribution is 8.08. The van der Waals surface area contributed by atoms with Crippen LogP contribution in [0, 0.1) is 0 Å². The fourth-order valence-electron chi connectivity index (χ4n) is 4.20. The van der Waals surface area contributed by atoms with Gasteiger partial charge in [0.2, 0.25) is 0 Å². The minimum absolute atomic E-state index is 0.160. The summed E-state index contributed by atoms with van der Waals surface area (Å²) in [4.78, 5) is 0.160. The second-order valence-electron chi connectivity index (χ2n) is 7.29. The Bertz CT molecular complexity index is 642. The zero-order chi connectivity index (χ0) is 16.6. The third-order valence-electron chi connectivity index (χ3n) is 5.68. The number of hydrogen-bond acceptors (Lipinski definition) is 3. The maximum absolute atomic E-state index is 11.0. The van der Waals surface area contributed by atoms with E-state index in [2.05, 4.69) is 72.9 Å². The Balaban J connectivity index is 1.62. The Morgan fingerprint density at radius 3 is 2.21 bits per heavy atom. The van der Waals surface area contributed by atoms with Crippen molar-refractivity contribution in [3.8, 4) is 0 Å². The summed E-state index contributed by atoms with van der Waals surface area (Å²) in [6, 6.07) is 21.2. The van der Waals surface area contributed by atoms with Gasteiger partial charge in [-0.15, -0.1) is 11.8 Å². The molecule has 2 fully saturated rings. The molecule has 0 amide bonds. The molecule has 0 bridgehead atoms. The summed E-state index contributed by atoms with van der Waals surface area (Å²) in [5, 5.41) is 14.9. The van der Waals surface area contributed by atoms with E-state index in [0.717, 1.165) is 13.0 Å². The molecule has 0 aromatic heterocycles. The van der Waals surface area contributed by atoms with Crippen molar-refractivity contribution < 1.29 is 5.11 Å². The smallest absolute Gasteiger partial charge is 0.0796 e. The van der Waals surface area contributed by atoms with Crippen LogP contribution in [0.2, 0.25) is 0 Å². The summed E-state index contributed by atoms with van der Waals surface area (Å²) in [5.74, 6) is 0. The highest BCUT2D eigenvalue weighted by Gasteiger charge is 2.60. The van der Waals surface area contributed by atoms with Gasteiger partial charge in [0.1, 0.15) is 0 Å². The standard InChI is InChI=1S/C21H25NOS/c1-20(16-9-4-2-5-10-16,17-11-6-3-7-12-17)15-18(23)19-21(24-19)13-8-14-22-21/h2-7,9-12,18-19,22-23H,8,13-15H2,1H3/t18?,19?,21-/m0/s1. The van der Waals surface area contributed by atoms with E-state index in [9.17, 15) is 5.11 Å². The Kier molecular flexibility index (Phi) is 4.19.